The third-order valence-corrected chi connectivity index (χ3v) is 4.73. The van der Waals surface area contributed by atoms with Crippen molar-refractivity contribution in [1.82, 2.24) is 5.32 Å². The van der Waals surface area contributed by atoms with Crippen LogP contribution in [0.15, 0.2) is 0 Å². The lowest BCUT2D eigenvalue weighted by Gasteiger charge is -2.42. The molecule has 1 N–H and O–H groups in total. The summed E-state index contributed by atoms with van der Waals surface area (Å²) in [6.07, 6.45) is 9.48. The van der Waals surface area contributed by atoms with E-state index in [9.17, 15) is 0 Å². The maximum absolute atomic E-state index is 6.55. The molecule has 0 aromatic rings. The highest BCUT2D eigenvalue weighted by atomic mass is 16.5. The van der Waals surface area contributed by atoms with Gasteiger partial charge in [0, 0.05) is 12.6 Å². The highest BCUT2D eigenvalue weighted by Gasteiger charge is 2.37. The van der Waals surface area contributed by atoms with Crippen LogP contribution in [-0.2, 0) is 4.74 Å². The van der Waals surface area contributed by atoms with Crippen LogP contribution < -0.4 is 5.32 Å². The second kappa shape index (κ2) is 6.58. The molecule has 0 aromatic carbocycles. The molecule has 112 valence electrons. The summed E-state index contributed by atoms with van der Waals surface area (Å²) in [7, 11) is 0. The molecule has 2 nitrogen and oxygen atoms in total. The summed E-state index contributed by atoms with van der Waals surface area (Å²) in [5.41, 5.74) is 0.128. The fourth-order valence-corrected chi connectivity index (χ4v) is 3.38. The first-order chi connectivity index (χ1) is 8.99. The van der Waals surface area contributed by atoms with Crippen molar-refractivity contribution in [3.8, 4) is 0 Å². The average Bonchev–Trinajstić information content (AvgIpc) is 3.13. The molecule has 0 spiro atoms. The molecule has 0 bridgehead atoms. The number of hydrogen-bond donors (Lipinski definition) is 1. The highest BCUT2D eigenvalue weighted by molar-refractivity contribution is 4.92. The van der Waals surface area contributed by atoms with Gasteiger partial charge in [0.05, 0.1) is 11.7 Å². The molecule has 0 radical (unpaired) electrons. The Bertz CT molecular complexity index is 264. The molecule has 0 aliphatic heterocycles. The van der Waals surface area contributed by atoms with Gasteiger partial charge in [-0.25, -0.2) is 0 Å². The smallest absolute Gasteiger partial charge is 0.0810 e. The van der Waals surface area contributed by atoms with Gasteiger partial charge in [-0.3, -0.25) is 0 Å². The highest BCUT2D eigenvalue weighted by Crippen LogP contribution is 2.36. The van der Waals surface area contributed by atoms with Crippen molar-refractivity contribution in [2.75, 3.05) is 6.54 Å². The first-order valence-corrected chi connectivity index (χ1v) is 8.40. The van der Waals surface area contributed by atoms with Crippen molar-refractivity contribution in [1.29, 1.82) is 0 Å². The third-order valence-electron chi connectivity index (χ3n) is 4.73. The summed E-state index contributed by atoms with van der Waals surface area (Å²) in [6, 6.07) is 0.792. The Morgan fingerprint density at radius 3 is 2.26 bits per heavy atom. The van der Waals surface area contributed by atoms with E-state index in [0.717, 1.165) is 24.4 Å². The Kier molecular flexibility index (Phi) is 5.30. The SMILES string of the molecule is CC(C)CC(C)OC1(CNC2CC2)CCC(C)CC1. The van der Waals surface area contributed by atoms with Crippen LogP contribution >= 0.6 is 0 Å². The molecule has 1 unspecified atom stereocenters. The van der Waals surface area contributed by atoms with Crippen LogP contribution in [0.2, 0.25) is 0 Å². The third kappa shape index (κ3) is 5.07. The van der Waals surface area contributed by atoms with E-state index in [0.29, 0.717) is 6.10 Å². The van der Waals surface area contributed by atoms with E-state index in [-0.39, 0.29) is 5.60 Å². The van der Waals surface area contributed by atoms with E-state index >= 15 is 0 Å². The second-order valence-electron chi connectivity index (χ2n) is 7.58. The lowest BCUT2D eigenvalue weighted by molar-refractivity contribution is -0.116. The first kappa shape index (κ1) is 15.3. The topological polar surface area (TPSA) is 21.3 Å². The van der Waals surface area contributed by atoms with Crippen LogP contribution in [0, 0.1) is 11.8 Å². The number of nitrogens with one attached hydrogen (secondary N) is 1. The Morgan fingerprint density at radius 2 is 1.74 bits per heavy atom. The van der Waals surface area contributed by atoms with Gasteiger partial charge >= 0.3 is 0 Å². The molecule has 0 aromatic heterocycles. The van der Waals surface area contributed by atoms with E-state index in [1.807, 2.05) is 0 Å². The van der Waals surface area contributed by atoms with Crippen molar-refractivity contribution >= 4 is 0 Å². The molecule has 2 aliphatic carbocycles. The molecule has 0 heterocycles. The molecular weight excluding hydrogens is 234 g/mol. The van der Waals surface area contributed by atoms with Crippen LogP contribution in [0.25, 0.3) is 0 Å². The molecular formula is C17H33NO. The predicted octanol–water partition coefficient (Wildman–Crippen LogP) is 4.14. The molecule has 2 fully saturated rings. The average molecular weight is 267 g/mol. The Labute approximate surface area is 119 Å². The quantitative estimate of drug-likeness (QED) is 0.748. The van der Waals surface area contributed by atoms with Gasteiger partial charge in [-0.15, -0.1) is 0 Å². The van der Waals surface area contributed by atoms with E-state index < -0.39 is 0 Å². The fraction of sp³-hybridized carbons (Fsp3) is 1.00. The lowest BCUT2D eigenvalue weighted by atomic mass is 9.79. The minimum atomic E-state index is 0.128. The molecule has 2 rings (SSSR count). The van der Waals surface area contributed by atoms with E-state index in [4.69, 9.17) is 4.74 Å². The zero-order chi connectivity index (χ0) is 13.9. The molecule has 2 saturated carbocycles. The molecule has 2 heteroatoms. The predicted molar refractivity (Wildman–Crippen MR) is 81.4 cm³/mol. The second-order valence-corrected chi connectivity index (χ2v) is 7.58. The van der Waals surface area contributed by atoms with E-state index in [1.54, 1.807) is 0 Å². The largest absolute Gasteiger partial charge is 0.371 e. The van der Waals surface area contributed by atoms with Crippen molar-refractivity contribution in [3.05, 3.63) is 0 Å². The molecule has 1 atom stereocenters. The zero-order valence-electron chi connectivity index (χ0n) is 13.4. The summed E-state index contributed by atoms with van der Waals surface area (Å²) in [5.74, 6) is 1.61. The summed E-state index contributed by atoms with van der Waals surface area (Å²) in [6.45, 7) is 10.3. The van der Waals surface area contributed by atoms with Gasteiger partial charge in [-0.1, -0.05) is 20.8 Å². The monoisotopic (exact) mass is 267 g/mol. The van der Waals surface area contributed by atoms with E-state index in [2.05, 4.69) is 33.0 Å². The van der Waals surface area contributed by atoms with Crippen LogP contribution in [0.4, 0.5) is 0 Å². The maximum atomic E-state index is 6.55. The van der Waals surface area contributed by atoms with Gasteiger partial charge in [-0.2, -0.15) is 0 Å². The van der Waals surface area contributed by atoms with Crippen LogP contribution in [0.5, 0.6) is 0 Å². The van der Waals surface area contributed by atoms with Crippen molar-refractivity contribution in [3.63, 3.8) is 0 Å². The van der Waals surface area contributed by atoms with Gasteiger partial charge in [-0.05, 0) is 63.7 Å². The first-order valence-electron chi connectivity index (χ1n) is 8.40. The van der Waals surface area contributed by atoms with Gasteiger partial charge < -0.3 is 10.1 Å². The molecule has 19 heavy (non-hydrogen) atoms. The minimum absolute atomic E-state index is 0.128. The summed E-state index contributed by atoms with van der Waals surface area (Å²) in [5, 5.41) is 3.72. The van der Waals surface area contributed by atoms with Crippen LogP contribution in [0.1, 0.15) is 72.6 Å². The zero-order valence-corrected chi connectivity index (χ0v) is 13.4. The summed E-state index contributed by atoms with van der Waals surface area (Å²) >= 11 is 0. The van der Waals surface area contributed by atoms with Crippen molar-refractivity contribution in [2.24, 2.45) is 11.8 Å². The lowest BCUT2D eigenvalue weighted by Crippen LogP contribution is -2.48. The van der Waals surface area contributed by atoms with Gasteiger partial charge in [0.2, 0.25) is 0 Å². The normalized spacial score (nSPS) is 33.6. The van der Waals surface area contributed by atoms with Crippen molar-refractivity contribution < 1.29 is 4.74 Å². The fourth-order valence-electron chi connectivity index (χ4n) is 3.38. The Hall–Kier alpha value is -0.0800. The number of hydrogen-bond acceptors (Lipinski definition) is 2. The summed E-state index contributed by atoms with van der Waals surface area (Å²) in [4.78, 5) is 0. The number of rotatable bonds is 7. The van der Waals surface area contributed by atoms with Gasteiger partial charge in [0.1, 0.15) is 0 Å². The van der Waals surface area contributed by atoms with E-state index in [1.165, 1.54) is 44.9 Å². The molecule has 0 amide bonds. The van der Waals surface area contributed by atoms with Gasteiger partial charge in [0.25, 0.3) is 0 Å². The summed E-state index contributed by atoms with van der Waals surface area (Å²) < 4.78 is 6.55. The molecule has 0 saturated heterocycles. The van der Waals surface area contributed by atoms with Crippen LogP contribution in [0.3, 0.4) is 0 Å². The number of ether oxygens (including phenoxy) is 1. The minimum Gasteiger partial charge on any atom is -0.371 e. The van der Waals surface area contributed by atoms with Crippen molar-refractivity contribution in [2.45, 2.75) is 90.4 Å². The molecule has 2 aliphatic rings. The Balaban J connectivity index is 1.88. The maximum Gasteiger partial charge on any atom is 0.0810 e. The Morgan fingerprint density at radius 1 is 1.11 bits per heavy atom. The van der Waals surface area contributed by atoms with Crippen LogP contribution in [-0.4, -0.2) is 24.3 Å². The van der Waals surface area contributed by atoms with Gasteiger partial charge in [0.15, 0.2) is 0 Å². The standard InChI is InChI=1S/C17H33NO/c1-13(2)11-15(4)19-17(12-18-16-5-6-16)9-7-14(3)8-10-17/h13-16,18H,5-12H2,1-4H3.